The fourth-order valence-corrected chi connectivity index (χ4v) is 5.18. The van der Waals surface area contributed by atoms with E-state index in [1.165, 1.54) is 10.8 Å². The second-order valence-corrected chi connectivity index (χ2v) is 9.24. The highest BCUT2D eigenvalue weighted by Gasteiger charge is 2.69. The molecule has 3 aliphatic rings. The molecule has 172 valence electrons. The summed E-state index contributed by atoms with van der Waals surface area (Å²) >= 11 is 0. The summed E-state index contributed by atoms with van der Waals surface area (Å²) in [7, 11) is 1.55. The summed E-state index contributed by atoms with van der Waals surface area (Å²) in [6.07, 6.45) is 2.35. The molecule has 0 amide bonds. The van der Waals surface area contributed by atoms with Crippen molar-refractivity contribution in [1.82, 2.24) is 19.7 Å². The Balaban J connectivity index is 1.57. The zero-order valence-electron chi connectivity index (χ0n) is 18.9. The third kappa shape index (κ3) is 3.34. The molecule has 34 heavy (non-hydrogen) atoms. The van der Waals surface area contributed by atoms with Crippen molar-refractivity contribution in [3.63, 3.8) is 0 Å². The van der Waals surface area contributed by atoms with Gasteiger partial charge in [-0.05, 0) is 68.0 Å². The molecule has 1 N–H and O–H groups in total. The Morgan fingerprint density at radius 1 is 1.18 bits per heavy atom. The van der Waals surface area contributed by atoms with Gasteiger partial charge in [-0.2, -0.15) is 25.6 Å². The number of alkyl halides is 2. The van der Waals surface area contributed by atoms with E-state index < -0.39 is 12.1 Å². The van der Waals surface area contributed by atoms with Crippen molar-refractivity contribution < 1.29 is 13.5 Å². The Kier molecular flexibility index (Phi) is 4.80. The van der Waals surface area contributed by atoms with Gasteiger partial charge in [-0.3, -0.25) is 0 Å². The molecule has 0 spiro atoms. The number of fused-ring (bicyclic) bond motifs is 1. The molecule has 2 bridgehead atoms. The molecule has 0 atom stereocenters. The fourth-order valence-electron chi connectivity index (χ4n) is 5.18. The van der Waals surface area contributed by atoms with E-state index in [1.807, 2.05) is 32.0 Å². The molecule has 0 saturated heterocycles. The molecule has 8 nitrogen and oxygen atoms in total. The van der Waals surface area contributed by atoms with Gasteiger partial charge in [0, 0.05) is 18.7 Å². The number of nitriles is 2. The van der Waals surface area contributed by atoms with Gasteiger partial charge in [0.1, 0.15) is 16.8 Å². The van der Waals surface area contributed by atoms with Crippen molar-refractivity contribution in [2.24, 2.45) is 12.5 Å². The smallest absolute Gasteiger partial charge is 0.283 e. The van der Waals surface area contributed by atoms with Crippen LogP contribution in [-0.4, -0.2) is 25.3 Å². The van der Waals surface area contributed by atoms with E-state index in [2.05, 4.69) is 26.5 Å². The lowest BCUT2D eigenvalue weighted by molar-refractivity contribution is -0.0665. The Labute approximate surface area is 194 Å². The topological polar surface area (TPSA) is 112 Å². The van der Waals surface area contributed by atoms with Crippen LogP contribution in [0.2, 0.25) is 0 Å². The van der Waals surface area contributed by atoms with Crippen LogP contribution >= 0.6 is 0 Å². The van der Waals surface area contributed by atoms with Crippen LogP contribution in [0.3, 0.4) is 0 Å². The van der Waals surface area contributed by atoms with Crippen molar-refractivity contribution in [3.8, 4) is 23.8 Å². The third-order valence-electron chi connectivity index (χ3n) is 6.56. The fraction of sp³-hybridized carbons (Fsp3) is 0.375. The summed E-state index contributed by atoms with van der Waals surface area (Å²) in [5.41, 5.74) is 1.62. The summed E-state index contributed by atoms with van der Waals surface area (Å²) in [6, 6.07) is 8.00. The number of ether oxygens (including phenoxy) is 1. The van der Waals surface area contributed by atoms with Crippen LogP contribution in [0.1, 0.15) is 48.1 Å². The number of hydrogen-bond acceptors (Lipinski definition) is 7. The van der Waals surface area contributed by atoms with E-state index in [0.717, 1.165) is 16.7 Å². The quantitative estimate of drug-likeness (QED) is 0.508. The first-order chi connectivity index (χ1) is 16.2. The molecule has 2 heterocycles. The zero-order valence-corrected chi connectivity index (χ0v) is 18.9. The highest BCUT2D eigenvalue weighted by atomic mass is 19.3. The van der Waals surface area contributed by atoms with Gasteiger partial charge >= 0.3 is 0 Å². The normalized spacial score (nSPS) is 22.8. The van der Waals surface area contributed by atoms with Gasteiger partial charge < -0.3 is 10.1 Å². The minimum atomic E-state index is -2.83. The number of hydrogen-bond donors (Lipinski definition) is 1. The predicted octanol–water partition coefficient (Wildman–Crippen LogP) is 5.11. The second-order valence-electron chi connectivity index (χ2n) is 9.24. The van der Waals surface area contributed by atoms with Gasteiger partial charge in [0.25, 0.3) is 6.43 Å². The number of allylic oxidation sites excluding steroid dienone is 1. The number of aryl methyl sites for hydroxylation is 3. The van der Waals surface area contributed by atoms with Crippen molar-refractivity contribution >= 4 is 23.1 Å². The molecule has 1 aromatic carbocycles. The van der Waals surface area contributed by atoms with E-state index >= 15 is 0 Å². The highest BCUT2D eigenvalue weighted by molar-refractivity contribution is 5.85. The molecule has 3 fully saturated rings. The van der Waals surface area contributed by atoms with Crippen LogP contribution in [-0.2, 0) is 7.05 Å². The van der Waals surface area contributed by atoms with Crippen LogP contribution in [0.4, 0.5) is 14.7 Å². The number of benzene rings is 1. The van der Waals surface area contributed by atoms with E-state index in [-0.39, 0.29) is 33.8 Å². The van der Waals surface area contributed by atoms with E-state index in [1.54, 1.807) is 13.1 Å². The maximum atomic E-state index is 13.8. The standard InChI is InChI=1S/C24H21F2N7O/c1-13-7-15(5-4-6-27)8-14(2)18(13)34-21-16-17(19(25)26)32-33(3)20(16)29-22(30-21)31-24-9-23(10-24,11-24)12-28/h4-5,7-8,19H,9-11H2,1-3H3,(H,29,30,31)/b5-4+. The Morgan fingerprint density at radius 3 is 2.44 bits per heavy atom. The van der Waals surface area contributed by atoms with E-state index in [9.17, 15) is 14.0 Å². The summed E-state index contributed by atoms with van der Waals surface area (Å²) in [5, 5.41) is 25.4. The van der Waals surface area contributed by atoms with Gasteiger partial charge in [-0.1, -0.05) is 0 Å². The van der Waals surface area contributed by atoms with Crippen molar-refractivity contribution in [2.45, 2.75) is 45.1 Å². The molecule has 0 radical (unpaired) electrons. The molecular formula is C24H21F2N7O. The van der Waals surface area contributed by atoms with Crippen LogP contribution in [0, 0.1) is 41.9 Å². The molecule has 0 aliphatic heterocycles. The van der Waals surface area contributed by atoms with E-state index in [0.29, 0.717) is 25.0 Å². The maximum absolute atomic E-state index is 13.8. The number of halogens is 2. The first-order valence-corrected chi connectivity index (χ1v) is 10.8. The first kappa shape index (κ1) is 21.8. The van der Waals surface area contributed by atoms with Gasteiger partial charge in [0.2, 0.25) is 11.8 Å². The Hall–Kier alpha value is -4.05. The highest BCUT2D eigenvalue weighted by Crippen LogP contribution is 2.67. The van der Waals surface area contributed by atoms with Gasteiger partial charge in [0.15, 0.2) is 5.65 Å². The average molecular weight is 461 g/mol. The molecule has 3 aliphatic carbocycles. The van der Waals surface area contributed by atoms with Crippen LogP contribution < -0.4 is 10.1 Å². The zero-order chi connectivity index (χ0) is 24.3. The molecule has 10 heteroatoms. The number of aromatic nitrogens is 4. The van der Waals surface area contributed by atoms with Crippen LogP contribution in [0.5, 0.6) is 11.6 Å². The predicted molar refractivity (Wildman–Crippen MR) is 120 cm³/mol. The van der Waals surface area contributed by atoms with Gasteiger partial charge in [-0.25, -0.2) is 13.5 Å². The van der Waals surface area contributed by atoms with Crippen molar-refractivity contribution in [3.05, 3.63) is 40.6 Å². The second kappa shape index (κ2) is 7.49. The SMILES string of the molecule is Cc1cc(/C=C/C#N)cc(C)c1Oc1nc(NC23CC(C#N)(C2)C3)nc2c1c(C(F)F)nn2C. The molecular weight excluding hydrogens is 440 g/mol. The van der Waals surface area contributed by atoms with Crippen molar-refractivity contribution in [2.75, 3.05) is 5.32 Å². The number of nitrogens with one attached hydrogen (secondary N) is 1. The number of nitrogens with zero attached hydrogens (tertiary/aromatic N) is 6. The summed E-state index contributed by atoms with van der Waals surface area (Å²) in [6.45, 7) is 3.67. The molecule has 6 rings (SSSR count). The van der Waals surface area contributed by atoms with E-state index in [4.69, 9.17) is 10.00 Å². The molecule has 3 saturated carbocycles. The van der Waals surface area contributed by atoms with Crippen LogP contribution in [0.25, 0.3) is 17.1 Å². The Morgan fingerprint density at radius 2 is 1.85 bits per heavy atom. The number of rotatable bonds is 6. The minimum Gasteiger partial charge on any atom is -0.437 e. The molecule has 3 aromatic rings. The summed E-state index contributed by atoms with van der Waals surface area (Å²) in [5.74, 6) is 0.725. The lowest BCUT2D eigenvalue weighted by Crippen LogP contribution is -2.70. The third-order valence-corrected chi connectivity index (χ3v) is 6.56. The lowest BCUT2D eigenvalue weighted by atomic mass is 9.40. The largest absolute Gasteiger partial charge is 0.437 e. The van der Waals surface area contributed by atoms with Crippen molar-refractivity contribution in [1.29, 1.82) is 10.5 Å². The maximum Gasteiger partial charge on any atom is 0.283 e. The number of anilines is 1. The lowest BCUT2D eigenvalue weighted by Gasteiger charge is -2.66. The van der Waals surface area contributed by atoms with Gasteiger partial charge in [-0.15, -0.1) is 0 Å². The summed E-state index contributed by atoms with van der Waals surface area (Å²) in [4.78, 5) is 8.93. The molecule has 2 aromatic heterocycles. The average Bonchev–Trinajstić information content (AvgIpc) is 3.07. The minimum absolute atomic E-state index is 0.0102. The molecule has 0 unspecified atom stereocenters. The van der Waals surface area contributed by atoms with Crippen LogP contribution in [0.15, 0.2) is 18.2 Å². The first-order valence-electron chi connectivity index (χ1n) is 10.8. The van der Waals surface area contributed by atoms with Gasteiger partial charge in [0.05, 0.1) is 17.6 Å². The monoisotopic (exact) mass is 461 g/mol. The summed E-state index contributed by atoms with van der Waals surface area (Å²) < 4.78 is 35.1. The Bertz CT molecular complexity index is 1400.